The van der Waals surface area contributed by atoms with Crippen LogP contribution < -0.4 is 20.1 Å². The molecule has 128 valence electrons. The standard InChI is InChI=1S/C17H25N3O2.HI/c1-2-18-17(20-14-6-4-3-5-7-14)19-11-13-8-9-15-16(10-13)22-12-21-15;/h8-10,14H,2-7,11-12H2,1H3,(H2,18,19,20);1H. The first kappa shape index (κ1) is 18.2. The predicted molar refractivity (Wildman–Crippen MR) is 103 cm³/mol. The Kier molecular flexibility index (Phi) is 7.26. The number of rotatable bonds is 4. The molecule has 0 unspecified atom stereocenters. The molecule has 5 nitrogen and oxygen atoms in total. The van der Waals surface area contributed by atoms with Crippen molar-refractivity contribution in [3.63, 3.8) is 0 Å². The van der Waals surface area contributed by atoms with Crippen LogP contribution in [0.25, 0.3) is 0 Å². The van der Waals surface area contributed by atoms with E-state index in [4.69, 9.17) is 14.5 Å². The van der Waals surface area contributed by atoms with Gasteiger partial charge in [0.15, 0.2) is 17.5 Å². The summed E-state index contributed by atoms with van der Waals surface area (Å²) in [4.78, 5) is 4.70. The Bertz CT molecular complexity index is 531. The third kappa shape index (κ3) is 5.16. The summed E-state index contributed by atoms with van der Waals surface area (Å²) >= 11 is 0. The van der Waals surface area contributed by atoms with Gasteiger partial charge in [-0.3, -0.25) is 0 Å². The molecule has 0 radical (unpaired) electrons. The third-order valence-corrected chi connectivity index (χ3v) is 4.15. The van der Waals surface area contributed by atoms with Crippen LogP contribution in [0.15, 0.2) is 23.2 Å². The molecule has 1 heterocycles. The van der Waals surface area contributed by atoms with Crippen molar-refractivity contribution < 1.29 is 9.47 Å². The third-order valence-electron chi connectivity index (χ3n) is 4.15. The van der Waals surface area contributed by atoms with Crippen LogP contribution in [0, 0.1) is 0 Å². The van der Waals surface area contributed by atoms with Crippen molar-refractivity contribution in [3.8, 4) is 11.5 Å². The molecule has 0 bridgehead atoms. The number of benzene rings is 1. The van der Waals surface area contributed by atoms with E-state index in [0.717, 1.165) is 29.6 Å². The highest BCUT2D eigenvalue weighted by molar-refractivity contribution is 14.0. The number of aliphatic imine (C=N–C) groups is 1. The molecule has 1 aromatic rings. The lowest BCUT2D eigenvalue weighted by Gasteiger charge is -2.24. The second kappa shape index (κ2) is 9.20. The minimum absolute atomic E-state index is 0. The molecule has 1 fully saturated rings. The number of fused-ring (bicyclic) bond motifs is 1. The van der Waals surface area contributed by atoms with Crippen LogP contribution in [0.1, 0.15) is 44.6 Å². The number of nitrogens with zero attached hydrogens (tertiary/aromatic N) is 1. The number of hydrogen-bond acceptors (Lipinski definition) is 3. The van der Waals surface area contributed by atoms with Gasteiger partial charge in [-0.2, -0.15) is 0 Å². The van der Waals surface area contributed by atoms with Crippen LogP contribution in [-0.4, -0.2) is 25.3 Å². The first-order valence-electron chi connectivity index (χ1n) is 8.28. The minimum atomic E-state index is 0. The Morgan fingerprint density at radius 1 is 1.17 bits per heavy atom. The molecular formula is C17H26IN3O2. The Hall–Kier alpha value is -1.18. The zero-order valence-electron chi connectivity index (χ0n) is 13.6. The first-order chi connectivity index (χ1) is 10.8. The van der Waals surface area contributed by atoms with E-state index in [1.807, 2.05) is 18.2 Å². The lowest BCUT2D eigenvalue weighted by Crippen LogP contribution is -2.44. The van der Waals surface area contributed by atoms with Crippen molar-refractivity contribution in [1.82, 2.24) is 10.6 Å². The van der Waals surface area contributed by atoms with Crippen molar-refractivity contribution in [3.05, 3.63) is 23.8 Å². The minimum Gasteiger partial charge on any atom is -0.454 e. The molecule has 0 saturated heterocycles. The van der Waals surface area contributed by atoms with E-state index >= 15 is 0 Å². The number of guanidine groups is 1. The summed E-state index contributed by atoms with van der Waals surface area (Å²) in [5.74, 6) is 2.55. The normalized spacial score (nSPS) is 17.5. The molecule has 23 heavy (non-hydrogen) atoms. The molecular weight excluding hydrogens is 405 g/mol. The van der Waals surface area contributed by atoms with Gasteiger partial charge in [0.2, 0.25) is 6.79 Å². The topological polar surface area (TPSA) is 54.9 Å². The molecule has 0 aromatic heterocycles. The lowest BCUT2D eigenvalue weighted by atomic mass is 9.96. The maximum Gasteiger partial charge on any atom is 0.231 e. The van der Waals surface area contributed by atoms with E-state index in [0.29, 0.717) is 19.4 Å². The summed E-state index contributed by atoms with van der Waals surface area (Å²) < 4.78 is 10.7. The van der Waals surface area contributed by atoms with E-state index in [2.05, 4.69) is 17.6 Å². The van der Waals surface area contributed by atoms with Crippen LogP contribution in [-0.2, 0) is 6.54 Å². The average molecular weight is 431 g/mol. The van der Waals surface area contributed by atoms with E-state index in [-0.39, 0.29) is 24.0 Å². The molecule has 1 aliphatic carbocycles. The Balaban J connectivity index is 0.00000192. The number of hydrogen-bond donors (Lipinski definition) is 2. The molecule has 1 saturated carbocycles. The summed E-state index contributed by atoms with van der Waals surface area (Å²) in [6, 6.07) is 6.56. The van der Waals surface area contributed by atoms with E-state index in [1.54, 1.807) is 0 Å². The van der Waals surface area contributed by atoms with E-state index < -0.39 is 0 Å². The quantitative estimate of drug-likeness (QED) is 0.436. The summed E-state index contributed by atoms with van der Waals surface area (Å²) in [6.07, 6.45) is 6.49. The summed E-state index contributed by atoms with van der Waals surface area (Å²) in [6.45, 7) is 3.92. The van der Waals surface area contributed by atoms with Crippen molar-refractivity contribution in [2.75, 3.05) is 13.3 Å². The summed E-state index contributed by atoms with van der Waals surface area (Å²) in [7, 11) is 0. The average Bonchev–Trinajstić information content (AvgIpc) is 3.01. The van der Waals surface area contributed by atoms with Gasteiger partial charge in [0.25, 0.3) is 0 Å². The van der Waals surface area contributed by atoms with Gasteiger partial charge in [-0.05, 0) is 37.5 Å². The lowest BCUT2D eigenvalue weighted by molar-refractivity contribution is 0.174. The maximum absolute atomic E-state index is 5.41. The van der Waals surface area contributed by atoms with Crippen LogP contribution in [0.2, 0.25) is 0 Å². The fraction of sp³-hybridized carbons (Fsp3) is 0.588. The number of ether oxygens (including phenoxy) is 2. The monoisotopic (exact) mass is 431 g/mol. The summed E-state index contributed by atoms with van der Waals surface area (Å²) in [5.41, 5.74) is 1.13. The Labute approximate surface area is 155 Å². The summed E-state index contributed by atoms with van der Waals surface area (Å²) in [5, 5.41) is 6.90. The number of halogens is 1. The molecule has 2 N–H and O–H groups in total. The molecule has 0 spiro atoms. The van der Waals surface area contributed by atoms with Crippen LogP contribution in [0.5, 0.6) is 11.5 Å². The highest BCUT2D eigenvalue weighted by Gasteiger charge is 2.15. The zero-order valence-corrected chi connectivity index (χ0v) is 16.0. The van der Waals surface area contributed by atoms with Crippen molar-refractivity contribution in [2.45, 2.75) is 51.6 Å². The van der Waals surface area contributed by atoms with Gasteiger partial charge in [-0.1, -0.05) is 25.3 Å². The zero-order chi connectivity index (χ0) is 15.2. The van der Waals surface area contributed by atoms with E-state index in [9.17, 15) is 0 Å². The Morgan fingerprint density at radius 3 is 2.74 bits per heavy atom. The van der Waals surface area contributed by atoms with Gasteiger partial charge in [0, 0.05) is 12.6 Å². The molecule has 6 heteroatoms. The highest BCUT2D eigenvalue weighted by Crippen LogP contribution is 2.32. The fourth-order valence-electron chi connectivity index (χ4n) is 2.97. The number of nitrogens with one attached hydrogen (secondary N) is 2. The molecule has 2 aliphatic rings. The Morgan fingerprint density at radius 2 is 1.96 bits per heavy atom. The molecule has 0 atom stereocenters. The van der Waals surface area contributed by atoms with Crippen molar-refractivity contribution >= 4 is 29.9 Å². The van der Waals surface area contributed by atoms with Crippen LogP contribution >= 0.6 is 24.0 Å². The second-order valence-electron chi connectivity index (χ2n) is 5.86. The van der Waals surface area contributed by atoms with Gasteiger partial charge in [0.05, 0.1) is 6.54 Å². The van der Waals surface area contributed by atoms with Gasteiger partial charge in [-0.15, -0.1) is 24.0 Å². The van der Waals surface area contributed by atoms with Crippen LogP contribution in [0.3, 0.4) is 0 Å². The van der Waals surface area contributed by atoms with Crippen molar-refractivity contribution in [1.29, 1.82) is 0 Å². The maximum atomic E-state index is 5.41. The van der Waals surface area contributed by atoms with Gasteiger partial charge >= 0.3 is 0 Å². The second-order valence-corrected chi connectivity index (χ2v) is 5.86. The molecule has 3 rings (SSSR count). The smallest absolute Gasteiger partial charge is 0.231 e. The van der Waals surface area contributed by atoms with Gasteiger partial charge in [0.1, 0.15) is 0 Å². The molecule has 1 aliphatic heterocycles. The van der Waals surface area contributed by atoms with Crippen molar-refractivity contribution in [2.24, 2.45) is 4.99 Å². The van der Waals surface area contributed by atoms with Crippen LogP contribution in [0.4, 0.5) is 0 Å². The van der Waals surface area contributed by atoms with Gasteiger partial charge < -0.3 is 20.1 Å². The highest BCUT2D eigenvalue weighted by atomic mass is 127. The molecule has 1 aromatic carbocycles. The van der Waals surface area contributed by atoms with Gasteiger partial charge in [-0.25, -0.2) is 4.99 Å². The molecule has 0 amide bonds. The predicted octanol–water partition coefficient (Wildman–Crippen LogP) is 3.42. The SMILES string of the molecule is CCNC(=NCc1ccc2c(c1)OCO2)NC1CCCCC1.I. The van der Waals surface area contributed by atoms with E-state index in [1.165, 1.54) is 32.1 Å². The largest absolute Gasteiger partial charge is 0.454 e. The fourth-order valence-corrected chi connectivity index (χ4v) is 2.97. The first-order valence-corrected chi connectivity index (χ1v) is 8.28.